The van der Waals surface area contributed by atoms with E-state index < -0.39 is 0 Å². The second kappa shape index (κ2) is 7.16. The molecule has 1 amide bonds. The summed E-state index contributed by atoms with van der Waals surface area (Å²) in [4.78, 5) is 16.8. The predicted molar refractivity (Wildman–Crippen MR) is 94.3 cm³/mol. The molecule has 1 N–H and O–H groups in total. The van der Waals surface area contributed by atoms with Crippen LogP contribution in [0.2, 0.25) is 0 Å². The number of hydrogen-bond acceptors (Lipinski definition) is 3. The van der Waals surface area contributed by atoms with E-state index in [4.69, 9.17) is 0 Å². The minimum Gasteiger partial charge on any atom is -0.349 e. The molecule has 2 aromatic heterocycles. The Kier molecular flexibility index (Phi) is 4.97. The van der Waals surface area contributed by atoms with Crippen LogP contribution in [0.4, 0.5) is 0 Å². The molecule has 0 saturated heterocycles. The van der Waals surface area contributed by atoms with Crippen molar-refractivity contribution in [2.75, 3.05) is 0 Å². The van der Waals surface area contributed by atoms with Crippen LogP contribution in [-0.4, -0.2) is 26.7 Å². The van der Waals surface area contributed by atoms with Crippen LogP contribution in [0.5, 0.6) is 0 Å². The SMILES string of the molecule is CCC1CCC(NC(=O)c2ccc(-n3nc(C)cc3C)nc2)CC1. The molecule has 1 fully saturated rings. The summed E-state index contributed by atoms with van der Waals surface area (Å²) in [6, 6.07) is 5.99. The fourth-order valence-corrected chi connectivity index (χ4v) is 3.49. The van der Waals surface area contributed by atoms with Crippen molar-refractivity contribution in [2.24, 2.45) is 5.92 Å². The lowest BCUT2D eigenvalue weighted by Gasteiger charge is -2.28. The normalized spacial score (nSPS) is 20.8. The molecular weight excluding hydrogens is 300 g/mol. The number of aromatic nitrogens is 3. The fraction of sp³-hybridized carbons (Fsp3) is 0.526. The predicted octanol–water partition coefficient (Wildman–Crippen LogP) is 3.58. The van der Waals surface area contributed by atoms with Crippen molar-refractivity contribution in [1.29, 1.82) is 0 Å². The molecule has 1 aliphatic rings. The number of nitrogens with one attached hydrogen (secondary N) is 1. The first-order chi connectivity index (χ1) is 11.6. The summed E-state index contributed by atoms with van der Waals surface area (Å²) in [5.41, 5.74) is 2.60. The Morgan fingerprint density at radius 3 is 2.54 bits per heavy atom. The van der Waals surface area contributed by atoms with Gasteiger partial charge < -0.3 is 5.32 Å². The lowest BCUT2D eigenvalue weighted by Crippen LogP contribution is -2.37. The first kappa shape index (κ1) is 16.7. The van der Waals surface area contributed by atoms with Gasteiger partial charge >= 0.3 is 0 Å². The molecule has 0 radical (unpaired) electrons. The Hall–Kier alpha value is -2.17. The van der Waals surface area contributed by atoms with Crippen LogP contribution in [0.15, 0.2) is 24.4 Å². The van der Waals surface area contributed by atoms with Crippen LogP contribution in [0.1, 0.15) is 60.8 Å². The lowest BCUT2D eigenvalue weighted by molar-refractivity contribution is 0.0921. The average Bonchev–Trinajstić information content (AvgIpc) is 2.94. The Balaban J connectivity index is 1.63. The molecular formula is C19H26N4O. The average molecular weight is 326 g/mol. The van der Waals surface area contributed by atoms with E-state index in [0.29, 0.717) is 11.6 Å². The summed E-state index contributed by atoms with van der Waals surface area (Å²) in [5, 5.41) is 7.57. The van der Waals surface area contributed by atoms with E-state index in [2.05, 4.69) is 22.3 Å². The van der Waals surface area contributed by atoms with Gasteiger partial charge in [-0.3, -0.25) is 4.79 Å². The summed E-state index contributed by atoms with van der Waals surface area (Å²) < 4.78 is 1.79. The Labute approximate surface area is 143 Å². The standard InChI is InChI=1S/C19H26N4O/c1-4-15-5-8-17(9-6-15)21-19(24)16-7-10-18(20-12-16)23-14(3)11-13(2)22-23/h7,10-12,15,17H,4-6,8-9H2,1-3H3,(H,21,24). The zero-order chi connectivity index (χ0) is 17.1. The number of carbonyl (C=O) groups is 1. The maximum Gasteiger partial charge on any atom is 0.253 e. The molecule has 0 spiro atoms. The quantitative estimate of drug-likeness (QED) is 0.934. The van der Waals surface area contributed by atoms with Crippen molar-refractivity contribution in [3.63, 3.8) is 0 Å². The molecule has 0 unspecified atom stereocenters. The van der Waals surface area contributed by atoms with Gasteiger partial charge in [0.25, 0.3) is 5.91 Å². The second-order valence-corrected chi connectivity index (χ2v) is 6.84. The van der Waals surface area contributed by atoms with Crippen LogP contribution in [0.3, 0.4) is 0 Å². The molecule has 0 aromatic carbocycles. The van der Waals surface area contributed by atoms with Gasteiger partial charge in [0.2, 0.25) is 0 Å². The summed E-state index contributed by atoms with van der Waals surface area (Å²) in [6.45, 7) is 6.20. The molecule has 1 saturated carbocycles. The van der Waals surface area contributed by atoms with E-state index in [1.54, 1.807) is 10.9 Å². The number of rotatable bonds is 4. The number of pyridine rings is 1. The monoisotopic (exact) mass is 326 g/mol. The highest BCUT2D eigenvalue weighted by molar-refractivity contribution is 5.94. The third-order valence-electron chi connectivity index (χ3n) is 5.00. The molecule has 0 atom stereocenters. The van der Waals surface area contributed by atoms with Gasteiger partial charge in [-0.05, 0) is 63.6 Å². The van der Waals surface area contributed by atoms with Crippen molar-refractivity contribution < 1.29 is 4.79 Å². The van der Waals surface area contributed by atoms with Crippen molar-refractivity contribution in [1.82, 2.24) is 20.1 Å². The Bertz CT molecular complexity index is 697. The summed E-state index contributed by atoms with van der Waals surface area (Å²) in [5.74, 6) is 1.54. The molecule has 3 rings (SSSR count). The smallest absolute Gasteiger partial charge is 0.253 e. The molecule has 0 aliphatic heterocycles. The molecule has 0 bridgehead atoms. The molecule has 2 aromatic rings. The lowest BCUT2D eigenvalue weighted by atomic mass is 9.84. The highest BCUT2D eigenvalue weighted by Crippen LogP contribution is 2.26. The van der Waals surface area contributed by atoms with E-state index in [-0.39, 0.29) is 5.91 Å². The number of aryl methyl sites for hydroxylation is 2. The van der Waals surface area contributed by atoms with Gasteiger partial charge in [0.05, 0.1) is 11.3 Å². The minimum atomic E-state index is -0.0256. The molecule has 24 heavy (non-hydrogen) atoms. The van der Waals surface area contributed by atoms with Crippen LogP contribution in [0.25, 0.3) is 5.82 Å². The summed E-state index contributed by atoms with van der Waals surface area (Å²) in [7, 11) is 0. The Morgan fingerprint density at radius 1 is 1.25 bits per heavy atom. The van der Waals surface area contributed by atoms with Crippen LogP contribution >= 0.6 is 0 Å². The zero-order valence-corrected chi connectivity index (χ0v) is 14.7. The highest BCUT2D eigenvalue weighted by Gasteiger charge is 2.21. The van der Waals surface area contributed by atoms with E-state index in [0.717, 1.165) is 36.0 Å². The van der Waals surface area contributed by atoms with Crippen LogP contribution < -0.4 is 5.32 Å². The van der Waals surface area contributed by atoms with E-state index in [1.807, 2.05) is 32.0 Å². The number of amides is 1. The third-order valence-corrected chi connectivity index (χ3v) is 5.00. The third kappa shape index (κ3) is 3.66. The largest absolute Gasteiger partial charge is 0.349 e. The number of nitrogens with zero attached hydrogens (tertiary/aromatic N) is 3. The topological polar surface area (TPSA) is 59.8 Å². The fourth-order valence-electron chi connectivity index (χ4n) is 3.49. The van der Waals surface area contributed by atoms with E-state index in [9.17, 15) is 4.79 Å². The van der Waals surface area contributed by atoms with Gasteiger partial charge in [-0.2, -0.15) is 5.10 Å². The van der Waals surface area contributed by atoms with Gasteiger partial charge in [0.15, 0.2) is 5.82 Å². The highest BCUT2D eigenvalue weighted by atomic mass is 16.1. The minimum absolute atomic E-state index is 0.0256. The van der Waals surface area contributed by atoms with Crippen LogP contribution in [-0.2, 0) is 0 Å². The van der Waals surface area contributed by atoms with Crippen molar-refractivity contribution in [3.05, 3.63) is 41.3 Å². The van der Waals surface area contributed by atoms with Crippen molar-refractivity contribution >= 4 is 5.91 Å². The first-order valence-corrected chi connectivity index (χ1v) is 8.87. The maximum absolute atomic E-state index is 12.4. The van der Waals surface area contributed by atoms with Gasteiger partial charge in [-0.15, -0.1) is 0 Å². The van der Waals surface area contributed by atoms with E-state index in [1.165, 1.54) is 19.3 Å². The van der Waals surface area contributed by atoms with Crippen molar-refractivity contribution in [2.45, 2.75) is 58.9 Å². The number of carbonyl (C=O) groups excluding carboxylic acids is 1. The molecule has 5 nitrogen and oxygen atoms in total. The Morgan fingerprint density at radius 2 is 2.00 bits per heavy atom. The molecule has 2 heterocycles. The van der Waals surface area contributed by atoms with Gasteiger partial charge in [-0.25, -0.2) is 9.67 Å². The van der Waals surface area contributed by atoms with Crippen LogP contribution in [0, 0.1) is 19.8 Å². The second-order valence-electron chi connectivity index (χ2n) is 6.84. The first-order valence-electron chi connectivity index (χ1n) is 8.87. The molecule has 1 aliphatic carbocycles. The van der Waals surface area contributed by atoms with Gasteiger partial charge in [0.1, 0.15) is 0 Å². The molecule has 128 valence electrons. The molecule has 5 heteroatoms. The van der Waals surface area contributed by atoms with Gasteiger partial charge in [-0.1, -0.05) is 13.3 Å². The summed E-state index contributed by atoms with van der Waals surface area (Å²) in [6.07, 6.45) is 7.49. The van der Waals surface area contributed by atoms with Crippen molar-refractivity contribution in [3.8, 4) is 5.82 Å². The van der Waals surface area contributed by atoms with Gasteiger partial charge in [0, 0.05) is 17.9 Å². The maximum atomic E-state index is 12.4. The van der Waals surface area contributed by atoms with E-state index >= 15 is 0 Å². The zero-order valence-electron chi connectivity index (χ0n) is 14.7. The number of hydrogen-bond donors (Lipinski definition) is 1. The summed E-state index contributed by atoms with van der Waals surface area (Å²) >= 11 is 0.